The van der Waals surface area contributed by atoms with Gasteiger partial charge in [-0.25, -0.2) is 0 Å². The van der Waals surface area contributed by atoms with Crippen molar-refractivity contribution in [3.63, 3.8) is 0 Å². The van der Waals surface area contributed by atoms with Crippen molar-refractivity contribution in [2.24, 2.45) is 5.73 Å². The fraction of sp³-hybridized carbons (Fsp3) is 0.615. The molecule has 0 fully saturated rings. The maximum atomic E-state index is 11.5. The molecular weight excluding hydrogens is 218 g/mol. The number of hydrogen-bond donors (Lipinski definition) is 1. The topological polar surface area (TPSA) is 43.1 Å². The molecule has 0 spiro atoms. The third-order valence-electron chi connectivity index (χ3n) is 2.68. The first-order chi connectivity index (χ1) is 7.83. The van der Waals surface area contributed by atoms with Crippen molar-refractivity contribution in [1.29, 1.82) is 0 Å². The van der Waals surface area contributed by atoms with E-state index in [1.807, 2.05) is 0 Å². The van der Waals surface area contributed by atoms with Crippen LogP contribution >= 0.6 is 11.3 Å². The lowest BCUT2D eigenvalue weighted by Gasteiger charge is -2.00. The number of Topliss-reactive ketones (excluding diaryl/α,β-unsaturated/α-hetero) is 1. The summed E-state index contributed by atoms with van der Waals surface area (Å²) in [4.78, 5) is 11.5. The van der Waals surface area contributed by atoms with Crippen molar-refractivity contribution >= 4 is 17.1 Å². The second-order valence-corrected chi connectivity index (χ2v) is 4.90. The monoisotopic (exact) mass is 239 g/mol. The lowest BCUT2D eigenvalue weighted by Crippen LogP contribution is -2.01. The van der Waals surface area contributed by atoms with Gasteiger partial charge in [-0.2, -0.15) is 11.3 Å². The third kappa shape index (κ3) is 6.03. The van der Waals surface area contributed by atoms with E-state index in [0.29, 0.717) is 12.2 Å². The van der Waals surface area contributed by atoms with E-state index in [1.165, 1.54) is 5.56 Å². The van der Waals surface area contributed by atoms with E-state index in [-0.39, 0.29) is 0 Å². The van der Waals surface area contributed by atoms with Gasteiger partial charge in [-0.3, -0.25) is 4.79 Å². The number of carbonyl (C=O) groups excluding carboxylic acids is 1. The molecule has 90 valence electrons. The predicted octanol–water partition coefficient (Wildman–Crippen LogP) is 3.16. The predicted molar refractivity (Wildman–Crippen MR) is 69.8 cm³/mol. The van der Waals surface area contributed by atoms with Gasteiger partial charge in [0.25, 0.3) is 0 Å². The Kier molecular flexibility index (Phi) is 7.10. The van der Waals surface area contributed by atoms with Gasteiger partial charge in [0.1, 0.15) is 5.78 Å². The zero-order chi connectivity index (χ0) is 11.6. The number of aryl methyl sites for hydroxylation is 1. The van der Waals surface area contributed by atoms with Gasteiger partial charge in [0, 0.05) is 12.8 Å². The molecule has 1 heterocycles. The number of hydrogen-bond acceptors (Lipinski definition) is 3. The SMILES string of the molecule is NCCCCCCC(=O)CCc1ccsc1. The van der Waals surface area contributed by atoms with Crippen LogP contribution in [0.1, 0.15) is 44.1 Å². The van der Waals surface area contributed by atoms with Crippen LogP contribution in [0.15, 0.2) is 16.8 Å². The Balaban J connectivity index is 1.99. The minimum atomic E-state index is 0.402. The van der Waals surface area contributed by atoms with Gasteiger partial charge in [0.15, 0.2) is 0 Å². The second kappa shape index (κ2) is 8.48. The Hall–Kier alpha value is -0.670. The zero-order valence-corrected chi connectivity index (χ0v) is 10.6. The van der Waals surface area contributed by atoms with Gasteiger partial charge in [0.05, 0.1) is 0 Å². The molecule has 2 N–H and O–H groups in total. The number of thiophene rings is 1. The number of carbonyl (C=O) groups is 1. The standard InChI is InChI=1S/C13H21NOS/c14-9-4-2-1-3-5-13(15)7-6-12-8-10-16-11-12/h8,10-11H,1-7,9,14H2. The van der Waals surface area contributed by atoms with Crippen LogP contribution in [0.4, 0.5) is 0 Å². The van der Waals surface area contributed by atoms with Gasteiger partial charge >= 0.3 is 0 Å². The van der Waals surface area contributed by atoms with Crippen molar-refractivity contribution in [1.82, 2.24) is 0 Å². The molecule has 2 nitrogen and oxygen atoms in total. The minimum Gasteiger partial charge on any atom is -0.330 e. The number of unbranched alkanes of at least 4 members (excludes halogenated alkanes) is 3. The molecule has 0 aliphatic rings. The van der Waals surface area contributed by atoms with Crippen molar-refractivity contribution in [3.05, 3.63) is 22.4 Å². The largest absolute Gasteiger partial charge is 0.330 e. The van der Waals surface area contributed by atoms with Crippen LogP contribution in [0.3, 0.4) is 0 Å². The Bertz CT molecular complexity index is 282. The molecule has 0 amide bonds. The fourth-order valence-corrected chi connectivity index (χ4v) is 2.37. The Morgan fingerprint density at radius 3 is 2.69 bits per heavy atom. The normalized spacial score (nSPS) is 10.6. The molecule has 0 atom stereocenters. The summed E-state index contributed by atoms with van der Waals surface area (Å²) in [5.74, 6) is 0.402. The van der Waals surface area contributed by atoms with Gasteiger partial charge in [-0.1, -0.05) is 12.8 Å². The summed E-state index contributed by atoms with van der Waals surface area (Å²) in [6.07, 6.45) is 6.77. The minimum absolute atomic E-state index is 0.402. The highest BCUT2D eigenvalue weighted by atomic mass is 32.1. The third-order valence-corrected chi connectivity index (χ3v) is 3.41. The molecule has 0 unspecified atom stereocenters. The highest BCUT2D eigenvalue weighted by Gasteiger charge is 2.02. The first kappa shape index (κ1) is 13.4. The van der Waals surface area contributed by atoms with Crippen LogP contribution in [0, 0.1) is 0 Å². The zero-order valence-electron chi connectivity index (χ0n) is 9.78. The van der Waals surface area contributed by atoms with E-state index in [0.717, 1.165) is 45.1 Å². The summed E-state index contributed by atoms with van der Waals surface area (Å²) in [5, 5.41) is 4.18. The first-order valence-electron chi connectivity index (χ1n) is 6.06. The van der Waals surface area contributed by atoms with Crippen LogP contribution in [0.2, 0.25) is 0 Å². The van der Waals surface area contributed by atoms with Gasteiger partial charge in [-0.05, 0) is 48.2 Å². The molecular formula is C13H21NOS. The lowest BCUT2D eigenvalue weighted by atomic mass is 10.0. The van der Waals surface area contributed by atoms with E-state index in [2.05, 4.69) is 16.8 Å². The summed E-state index contributed by atoms with van der Waals surface area (Å²) >= 11 is 1.70. The number of rotatable bonds is 9. The molecule has 0 aliphatic heterocycles. The van der Waals surface area contributed by atoms with E-state index in [1.54, 1.807) is 11.3 Å². The average molecular weight is 239 g/mol. The maximum Gasteiger partial charge on any atom is 0.133 e. The molecule has 0 saturated carbocycles. The number of ketones is 1. The first-order valence-corrected chi connectivity index (χ1v) is 7.00. The van der Waals surface area contributed by atoms with Crippen molar-refractivity contribution in [3.8, 4) is 0 Å². The highest BCUT2D eigenvalue weighted by molar-refractivity contribution is 7.07. The Morgan fingerprint density at radius 1 is 1.19 bits per heavy atom. The fourth-order valence-electron chi connectivity index (χ4n) is 1.66. The summed E-state index contributed by atoms with van der Waals surface area (Å²) in [5.41, 5.74) is 6.70. The average Bonchev–Trinajstić information content (AvgIpc) is 2.79. The Morgan fingerprint density at radius 2 is 2.00 bits per heavy atom. The molecule has 3 heteroatoms. The molecule has 0 aliphatic carbocycles. The van der Waals surface area contributed by atoms with E-state index in [9.17, 15) is 4.79 Å². The second-order valence-electron chi connectivity index (χ2n) is 4.12. The molecule has 0 radical (unpaired) electrons. The summed E-state index contributed by atoms with van der Waals surface area (Å²) in [6, 6.07) is 2.10. The number of nitrogens with two attached hydrogens (primary N) is 1. The smallest absolute Gasteiger partial charge is 0.133 e. The molecule has 1 aromatic rings. The van der Waals surface area contributed by atoms with Crippen LogP contribution in [0.25, 0.3) is 0 Å². The molecule has 1 rings (SSSR count). The summed E-state index contributed by atoms with van der Waals surface area (Å²) in [6.45, 7) is 0.770. The van der Waals surface area contributed by atoms with Crippen LogP contribution in [-0.4, -0.2) is 12.3 Å². The van der Waals surface area contributed by atoms with E-state index >= 15 is 0 Å². The molecule has 0 bridgehead atoms. The van der Waals surface area contributed by atoms with Crippen molar-refractivity contribution < 1.29 is 4.79 Å². The molecule has 1 aromatic heterocycles. The van der Waals surface area contributed by atoms with Crippen molar-refractivity contribution in [2.45, 2.75) is 44.9 Å². The van der Waals surface area contributed by atoms with Crippen LogP contribution < -0.4 is 5.73 Å². The summed E-state index contributed by atoms with van der Waals surface area (Å²) < 4.78 is 0. The highest BCUT2D eigenvalue weighted by Crippen LogP contribution is 2.10. The van der Waals surface area contributed by atoms with Gasteiger partial charge < -0.3 is 5.73 Å². The maximum absolute atomic E-state index is 11.5. The van der Waals surface area contributed by atoms with Gasteiger partial charge in [0.2, 0.25) is 0 Å². The quantitative estimate of drug-likeness (QED) is 0.673. The summed E-state index contributed by atoms with van der Waals surface area (Å²) in [7, 11) is 0. The van der Waals surface area contributed by atoms with E-state index < -0.39 is 0 Å². The van der Waals surface area contributed by atoms with Crippen LogP contribution in [0.5, 0.6) is 0 Å². The molecule has 0 aromatic carbocycles. The van der Waals surface area contributed by atoms with Crippen LogP contribution in [-0.2, 0) is 11.2 Å². The van der Waals surface area contributed by atoms with Crippen molar-refractivity contribution in [2.75, 3.05) is 6.54 Å². The molecule has 16 heavy (non-hydrogen) atoms. The molecule has 0 saturated heterocycles. The van der Waals surface area contributed by atoms with E-state index in [4.69, 9.17) is 5.73 Å². The Labute approximate surface area is 102 Å². The van der Waals surface area contributed by atoms with Gasteiger partial charge in [-0.15, -0.1) is 0 Å². The lowest BCUT2D eigenvalue weighted by molar-refractivity contribution is -0.119.